The van der Waals surface area contributed by atoms with Crippen molar-refractivity contribution in [1.82, 2.24) is 5.16 Å². The third-order valence-electron chi connectivity index (χ3n) is 5.03. The second-order valence-electron chi connectivity index (χ2n) is 6.86. The molecule has 0 amide bonds. The van der Waals surface area contributed by atoms with Gasteiger partial charge in [-0.15, -0.1) is 0 Å². The molecule has 0 saturated carbocycles. The van der Waals surface area contributed by atoms with E-state index in [2.05, 4.69) is 5.16 Å². The van der Waals surface area contributed by atoms with Crippen LogP contribution in [0.2, 0.25) is 0 Å². The predicted octanol–water partition coefficient (Wildman–Crippen LogP) is 3.40. The average molecular weight is 412 g/mol. The normalized spacial score (nSPS) is 13.4. The number of carbonyl (C=O) groups is 1. The predicted molar refractivity (Wildman–Crippen MR) is 106 cm³/mol. The minimum absolute atomic E-state index is 0.0104. The van der Waals surface area contributed by atoms with E-state index in [9.17, 15) is 13.2 Å². The summed E-state index contributed by atoms with van der Waals surface area (Å²) in [5.74, 6) is -0.0248. The van der Waals surface area contributed by atoms with Gasteiger partial charge in [-0.3, -0.25) is 4.31 Å². The molecule has 8 heteroatoms. The Morgan fingerprint density at radius 1 is 1.17 bits per heavy atom. The molecular weight excluding hydrogens is 392 g/mol. The number of ether oxygens (including phenoxy) is 1. The topological polar surface area (TPSA) is 89.7 Å². The molecule has 0 aliphatic carbocycles. The number of nitrogens with zero attached hydrogens (tertiary/aromatic N) is 2. The number of aryl methyl sites for hydroxylation is 2. The van der Waals surface area contributed by atoms with Crippen molar-refractivity contribution in [2.24, 2.45) is 0 Å². The van der Waals surface area contributed by atoms with E-state index < -0.39 is 16.0 Å². The van der Waals surface area contributed by atoms with Gasteiger partial charge in [0.1, 0.15) is 12.4 Å². The second kappa shape index (κ2) is 7.36. The molecule has 0 saturated heterocycles. The van der Waals surface area contributed by atoms with Gasteiger partial charge in [-0.2, -0.15) is 0 Å². The lowest BCUT2D eigenvalue weighted by Crippen LogP contribution is -2.29. The van der Waals surface area contributed by atoms with Crippen LogP contribution >= 0.6 is 0 Å². The van der Waals surface area contributed by atoms with Gasteiger partial charge >= 0.3 is 5.97 Å². The quantitative estimate of drug-likeness (QED) is 0.597. The van der Waals surface area contributed by atoms with Gasteiger partial charge in [0.15, 0.2) is 0 Å². The summed E-state index contributed by atoms with van der Waals surface area (Å²) in [4.78, 5) is 12.5. The van der Waals surface area contributed by atoms with Crippen LogP contribution in [-0.4, -0.2) is 26.1 Å². The number of anilines is 1. The van der Waals surface area contributed by atoms with Gasteiger partial charge in [0.25, 0.3) is 10.0 Å². The zero-order valence-electron chi connectivity index (χ0n) is 16.1. The van der Waals surface area contributed by atoms with E-state index in [1.807, 2.05) is 18.2 Å². The van der Waals surface area contributed by atoms with Crippen molar-refractivity contribution in [3.63, 3.8) is 0 Å². The number of hydrogen-bond donors (Lipinski definition) is 0. The van der Waals surface area contributed by atoms with Crippen LogP contribution in [0.1, 0.15) is 32.9 Å². The van der Waals surface area contributed by atoms with E-state index >= 15 is 0 Å². The van der Waals surface area contributed by atoms with Crippen molar-refractivity contribution >= 4 is 21.7 Å². The Kier molecular flexibility index (Phi) is 4.87. The van der Waals surface area contributed by atoms with Crippen molar-refractivity contribution < 1.29 is 22.5 Å². The lowest BCUT2D eigenvalue weighted by molar-refractivity contribution is 0.0470. The van der Waals surface area contributed by atoms with Gasteiger partial charge < -0.3 is 9.26 Å². The number of sulfonamides is 1. The van der Waals surface area contributed by atoms with Crippen LogP contribution in [0.5, 0.6) is 0 Å². The van der Waals surface area contributed by atoms with Gasteiger partial charge in [-0.1, -0.05) is 29.4 Å². The fraction of sp³-hybridized carbons (Fsp3) is 0.238. The Morgan fingerprint density at radius 2 is 1.97 bits per heavy atom. The van der Waals surface area contributed by atoms with Crippen LogP contribution in [0.4, 0.5) is 5.69 Å². The number of rotatable bonds is 5. The van der Waals surface area contributed by atoms with E-state index in [0.717, 1.165) is 5.56 Å². The lowest BCUT2D eigenvalue weighted by Gasteiger charge is -2.19. The van der Waals surface area contributed by atoms with Crippen LogP contribution in [-0.2, 0) is 27.8 Å². The first-order chi connectivity index (χ1) is 13.9. The molecule has 29 heavy (non-hydrogen) atoms. The average Bonchev–Trinajstić information content (AvgIpc) is 3.30. The maximum Gasteiger partial charge on any atom is 0.338 e. The Morgan fingerprint density at radius 3 is 2.72 bits per heavy atom. The highest BCUT2D eigenvalue weighted by molar-refractivity contribution is 7.92. The van der Waals surface area contributed by atoms with Gasteiger partial charge in [0, 0.05) is 6.54 Å². The molecule has 7 nitrogen and oxygen atoms in total. The zero-order chi connectivity index (χ0) is 20.6. The summed E-state index contributed by atoms with van der Waals surface area (Å²) in [6, 6.07) is 13.3. The van der Waals surface area contributed by atoms with E-state index in [0.29, 0.717) is 35.7 Å². The fourth-order valence-corrected chi connectivity index (χ4v) is 4.95. The first-order valence-corrected chi connectivity index (χ1v) is 10.6. The van der Waals surface area contributed by atoms with Crippen LogP contribution < -0.4 is 4.31 Å². The Labute approximate surface area is 168 Å². The monoisotopic (exact) mass is 412 g/mol. The maximum atomic E-state index is 13.2. The van der Waals surface area contributed by atoms with Gasteiger partial charge in [-0.25, -0.2) is 13.2 Å². The molecule has 0 spiro atoms. The van der Waals surface area contributed by atoms with Gasteiger partial charge in [-0.05, 0) is 50.1 Å². The molecule has 0 bridgehead atoms. The third kappa shape index (κ3) is 3.51. The Hall–Kier alpha value is -3.13. The molecule has 1 aromatic heterocycles. The molecule has 3 aromatic rings. The number of esters is 1. The number of carbonyl (C=O) groups excluding carboxylic acids is 1. The largest absolute Gasteiger partial charge is 0.457 e. The number of fused-ring (bicyclic) bond motifs is 1. The summed E-state index contributed by atoms with van der Waals surface area (Å²) in [6.07, 6.45) is 0.661. The molecule has 1 aliphatic rings. The Bertz CT molecular complexity index is 1160. The van der Waals surface area contributed by atoms with E-state index in [-0.39, 0.29) is 17.1 Å². The summed E-state index contributed by atoms with van der Waals surface area (Å²) in [6.45, 7) is 3.89. The number of aromatic nitrogens is 1. The standard InChI is InChI=1S/C21H20N2O5S/c1-14-19(15(2)28-22-14)13-27-21(24)17-7-5-8-18(12-17)29(25,26)23-11-10-16-6-3-4-9-20(16)23/h3-9,12H,10-11,13H2,1-2H3. The number of para-hydroxylation sites is 1. The highest BCUT2D eigenvalue weighted by atomic mass is 32.2. The van der Waals surface area contributed by atoms with Crippen LogP contribution in [0.15, 0.2) is 57.9 Å². The molecule has 0 N–H and O–H groups in total. The molecular formula is C21H20N2O5S. The minimum atomic E-state index is -3.78. The minimum Gasteiger partial charge on any atom is -0.457 e. The molecule has 4 rings (SSSR count). The van der Waals surface area contributed by atoms with Crippen molar-refractivity contribution in [3.05, 3.63) is 76.7 Å². The highest BCUT2D eigenvalue weighted by Gasteiger charge is 2.31. The summed E-state index contributed by atoms with van der Waals surface area (Å²) in [5.41, 5.74) is 3.20. The highest BCUT2D eigenvalue weighted by Crippen LogP contribution is 2.32. The van der Waals surface area contributed by atoms with Crippen molar-refractivity contribution in [2.45, 2.75) is 31.8 Å². The molecule has 2 aromatic carbocycles. The maximum absolute atomic E-state index is 13.2. The molecule has 0 radical (unpaired) electrons. The first-order valence-electron chi connectivity index (χ1n) is 9.17. The first kappa shape index (κ1) is 19.2. The number of hydrogen-bond acceptors (Lipinski definition) is 6. The van der Waals surface area contributed by atoms with Gasteiger partial charge in [0.05, 0.1) is 27.4 Å². The van der Waals surface area contributed by atoms with Crippen molar-refractivity contribution in [2.75, 3.05) is 10.8 Å². The van der Waals surface area contributed by atoms with E-state index in [1.54, 1.807) is 26.0 Å². The van der Waals surface area contributed by atoms with E-state index in [1.165, 1.54) is 22.5 Å². The molecule has 0 unspecified atom stereocenters. The smallest absolute Gasteiger partial charge is 0.338 e. The third-order valence-corrected chi connectivity index (χ3v) is 6.84. The molecule has 1 aliphatic heterocycles. The summed E-state index contributed by atoms with van der Waals surface area (Å²) in [5, 5.41) is 3.82. The zero-order valence-corrected chi connectivity index (χ0v) is 16.9. The molecule has 150 valence electrons. The molecule has 2 heterocycles. The lowest BCUT2D eigenvalue weighted by atomic mass is 10.2. The second-order valence-corrected chi connectivity index (χ2v) is 8.72. The molecule has 0 fully saturated rings. The van der Waals surface area contributed by atoms with Crippen LogP contribution in [0, 0.1) is 13.8 Å². The van der Waals surface area contributed by atoms with E-state index in [4.69, 9.17) is 9.26 Å². The molecule has 0 atom stereocenters. The fourth-order valence-electron chi connectivity index (χ4n) is 3.40. The summed E-state index contributed by atoms with van der Waals surface area (Å²) >= 11 is 0. The SMILES string of the molecule is Cc1noc(C)c1COC(=O)c1cccc(S(=O)(=O)N2CCc3ccccc32)c1. The van der Waals surface area contributed by atoms with Crippen molar-refractivity contribution in [3.8, 4) is 0 Å². The Balaban J connectivity index is 1.56. The summed E-state index contributed by atoms with van der Waals surface area (Å²) in [7, 11) is -3.78. The summed E-state index contributed by atoms with van der Waals surface area (Å²) < 4.78 is 38.1. The van der Waals surface area contributed by atoms with Gasteiger partial charge in [0.2, 0.25) is 0 Å². The van der Waals surface area contributed by atoms with Crippen LogP contribution in [0.25, 0.3) is 0 Å². The van der Waals surface area contributed by atoms with Crippen LogP contribution in [0.3, 0.4) is 0 Å². The number of benzene rings is 2. The van der Waals surface area contributed by atoms with Crippen molar-refractivity contribution in [1.29, 1.82) is 0 Å².